The van der Waals surface area contributed by atoms with Gasteiger partial charge in [-0.05, 0) is 59.4 Å². The molecule has 24 heavy (non-hydrogen) atoms. The predicted molar refractivity (Wildman–Crippen MR) is 93.1 cm³/mol. The molecule has 0 spiro atoms. The topological polar surface area (TPSA) is 74.6 Å². The monoisotopic (exact) mass is 335 g/mol. The average molecular weight is 335 g/mol. The van der Waals surface area contributed by atoms with E-state index in [0.717, 1.165) is 31.7 Å². The SMILES string of the molecule is Cc1cc(C(=O)NCC2CCN(C(=O)NC(C)(C)C)CC2)c(C)o1. The maximum atomic E-state index is 12.2. The van der Waals surface area contributed by atoms with Crippen LogP contribution in [0, 0.1) is 19.8 Å². The van der Waals surface area contributed by atoms with Crippen molar-refractivity contribution in [2.45, 2.75) is 53.0 Å². The minimum atomic E-state index is -0.220. The molecule has 0 atom stereocenters. The van der Waals surface area contributed by atoms with Crippen LogP contribution in [-0.4, -0.2) is 42.0 Å². The van der Waals surface area contributed by atoms with Crippen LogP contribution >= 0.6 is 0 Å². The van der Waals surface area contributed by atoms with Gasteiger partial charge in [0.1, 0.15) is 11.5 Å². The smallest absolute Gasteiger partial charge is 0.317 e. The molecule has 0 bridgehead atoms. The summed E-state index contributed by atoms with van der Waals surface area (Å²) in [6.07, 6.45) is 1.81. The lowest BCUT2D eigenvalue weighted by atomic mass is 9.96. The van der Waals surface area contributed by atoms with Gasteiger partial charge < -0.3 is 20.0 Å². The molecule has 2 N–H and O–H groups in total. The van der Waals surface area contributed by atoms with Crippen molar-refractivity contribution in [2.75, 3.05) is 19.6 Å². The van der Waals surface area contributed by atoms with Crippen molar-refractivity contribution in [1.29, 1.82) is 0 Å². The van der Waals surface area contributed by atoms with Gasteiger partial charge in [-0.15, -0.1) is 0 Å². The maximum absolute atomic E-state index is 12.2. The first-order chi connectivity index (χ1) is 11.2. The number of nitrogens with zero attached hydrogens (tertiary/aromatic N) is 1. The van der Waals surface area contributed by atoms with E-state index in [9.17, 15) is 9.59 Å². The minimum absolute atomic E-state index is 0.00511. The second-order valence-corrected chi connectivity index (χ2v) is 7.65. The number of piperidine rings is 1. The summed E-state index contributed by atoms with van der Waals surface area (Å²) in [7, 11) is 0. The Morgan fingerprint density at radius 1 is 1.25 bits per heavy atom. The largest absolute Gasteiger partial charge is 0.466 e. The van der Waals surface area contributed by atoms with Crippen LogP contribution < -0.4 is 10.6 Å². The summed E-state index contributed by atoms with van der Waals surface area (Å²) in [4.78, 5) is 26.2. The number of hydrogen-bond donors (Lipinski definition) is 2. The van der Waals surface area contributed by atoms with E-state index in [1.165, 1.54) is 0 Å². The first-order valence-corrected chi connectivity index (χ1v) is 8.58. The van der Waals surface area contributed by atoms with Crippen LogP contribution in [0.25, 0.3) is 0 Å². The van der Waals surface area contributed by atoms with Crippen LogP contribution in [0.2, 0.25) is 0 Å². The Morgan fingerprint density at radius 3 is 2.38 bits per heavy atom. The molecule has 1 aromatic heterocycles. The van der Waals surface area contributed by atoms with E-state index in [-0.39, 0.29) is 17.5 Å². The first kappa shape index (κ1) is 18.4. The van der Waals surface area contributed by atoms with Gasteiger partial charge in [0.15, 0.2) is 0 Å². The molecule has 0 saturated carbocycles. The lowest BCUT2D eigenvalue weighted by molar-refractivity contribution is 0.0935. The summed E-state index contributed by atoms with van der Waals surface area (Å²) < 4.78 is 5.40. The highest BCUT2D eigenvalue weighted by atomic mass is 16.3. The van der Waals surface area contributed by atoms with E-state index < -0.39 is 0 Å². The standard InChI is InChI=1S/C18H29N3O3/c1-12-10-15(13(2)24-12)16(22)19-11-14-6-8-21(9-7-14)17(23)20-18(3,4)5/h10,14H,6-9,11H2,1-5H3,(H,19,22)(H,20,23). The summed E-state index contributed by atoms with van der Waals surface area (Å²) in [5, 5.41) is 5.98. The van der Waals surface area contributed by atoms with Crippen LogP contribution in [0.15, 0.2) is 10.5 Å². The third kappa shape index (κ3) is 5.01. The Bertz CT molecular complexity index is 593. The minimum Gasteiger partial charge on any atom is -0.466 e. The van der Waals surface area contributed by atoms with Crippen molar-refractivity contribution in [3.63, 3.8) is 0 Å². The molecule has 1 aromatic rings. The zero-order valence-electron chi connectivity index (χ0n) is 15.4. The lowest BCUT2D eigenvalue weighted by Crippen LogP contribution is -2.51. The Hall–Kier alpha value is -1.98. The summed E-state index contributed by atoms with van der Waals surface area (Å²) in [5.74, 6) is 1.72. The molecule has 0 radical (unpaired) electrons. The van der Waals surface area contributed by atoms with Crippen molar-refractivity contribution in [2.24, 2.45) is 5.92 Å². The number of likely N-dealkylation sites (tertiary alicyclic amines) is 1. The van der Waals surface area contributed by atoms with E-state index in [1.54, 1.807) is 13.0 Å². The molecule has 1 saturated heterocycles. The van der Waals surface area contributed by atoms with Crippen molar-refractivity contribution < 1.29 is 14.0 Å². The highest BCUT2D eigenvalue weighted by molar-refractivity contribution is 5.95. The molecule has 1 aliphatic rings. The number of carbonyl (C=O) groups is 2. The average Bonchev–Trinajstić information content (AvgIpc) is 2.82. The highest BCUT2D eigenvalue weighted by Gasteiger charge is 2.25. The van der Waals surface area contributed by atoms with Crippen molar-refractivity contribution in [3.05, 3.63) is 23.2 Å². The second-order valence-electron chi connectivity index (χ2n) is 7.65. The lowest BCUT2D eigenvalue weighted by Gasteiger charge is -2.34. The van der Waals surface area contributed by atoms with Gasteiger partial charge in [-0.25, -0.2) is 4.79 Å². The summed E-state index contributed by atoms with van der Waals surface area (Å²) >= 11 is 0. The summed E-state index contributed by atoms with van der Waals surface area (Å²) in [6.45, 7) is 11.7. The Balaban J connectivity index is 1.76. The fourth-order valence-corrected chi connectivity index (χ4v) is 2.93. The molecule has 2 heterocycles. The molecule has 2 rings (SSSR count). The molecule has 1 fully saturated rings. The van der Waals surface area contributed by atoms with Gasteiger partial charge in [0.05, 0.1) is 5.56 Å². The molecule has 1 aliphatic heterocycles. The van der Waals surface area contributed by atoms with E-state index in [4.69, 9.17) is 4.42 Å². The quantitative estimate of drug-likeness (QED) is 0.892. The maximum Gasteiger partial charge on any atom is 0.317 e. The molecule has 0 aliphatic carbocycles. The molecule has 6 nitrogen and oxygen atoms in total. The third-order valence-electron chi connectivity index (χ3n) is 4.22. The van der Waals surface area contributed by atoms with Crippen molar-refractivity contribution >= 4 is 11.9 Å². The van der Waals surface area contributed by atoms with Gasteiger partial charge in [-0.1, -0.05) is 0 Å². The van der Waals surface area contributed by atoms with Gasteiger partial charge in [0.2, 0.25) is 0 Å². The van der Waals surface area contributed by atoms with E-state index >= 15 is 0 Å². The van der Waals surface area contributed by atoms with Gasteiger partial charge >= 0.3 is 6.03 Å². The number of urea groups is 1. The Morgan fingerprint density at radius 2 is 1.88 bits per heavy atom. The van der Waals surface area contributed by atoms with Gasteiger partial charge in [0.25, 0.3) is 5.91 Å². The predicted octanol–water partition coefficient (Wildman–Crippen LogP) is 2.85. The van der Waals surface area contributed by atoms with Crippen LogP contribution in [0.1, 0.15) is 55.5 Å². The molecular formula is C18H29N3O3. The number of furan rings is 1. The molecule has 3 amide bonds. The van der Waals surface area contributed by atoms with Crippen LogP contribution in [0.5, 0.6) is 0 Å². The molecule has 134 valence electrons. The van der Waals surface area contributed by atoms with E-state index in [1.807, 2.05) is 32.6 Å². The number of carbonyl (C=O) groups excluding carboxylic acids is 2. The molecule has 0 aromatic carbocycles. The molecule has 0 unspecified atom stereocenters. The fraction of sp³-hybridized carbons (Fsp3) is 0.667. The summed E-state index contributed by atoms with van der Waals surface area (Å²) in [5.41, 5.74) is 0.386. The highest BCUT2D eigenvalue weighted by Crippen LogP contribution is 2.18. The normalized spacial score (nSPS) is 16.1. The number of nitrogens with one attached hydrogen (secondary N) is 2. The van der Waals surface area contributed by atoms with E-state index in [2.05, 4.69) is 10.6 Å². The Kier molecular flexibility index (Phi) is 5.57. The number of hydrogen-bond acceptors (Lipinski definition) is 3. The molecule has 6 heteroatoms. The van der Waals surface area contributed by atoms with Crippen LogP contribution in [0.3, 0.4) is 0 Å². The zero-order chi connectivity index (χ0) is 17.9. The first-order valence-electron chi connectivity index (χ1n) is 8.58. The van der Waals surface area contributed by atoms with Crippen LogP contribution in [-0.2, 0) is 0 Å². The Labute approximate surface area is 144 Å². The zero-order valence-corrected chi connectivity index (χ0v) is 15.4. The number of rotatable bonds is 3. The third-order valence-corrected chi connectivity index (χ3v) is 4.22. The molecular weight excluding hydrogens is 306 g/mol. The van der Waals surface area contributed by atoms with Gasteiger partial charge in [0, 0.05) is 25.2 Å². The van der Waals surface area contributed by atoms with Crippen molar-refractivity contribution in [1.82, 2.24) is 15.5 Å². The number of aryl methyl sites for hydroxylation is 2. The fourth-order valence-electron chi connectivity index (χ4n) is 2.93. The second kappa shape index (κ2) is 7.28. The van der Waals surface area contributed by atoms with Gasteiger partial charge in [-0.2, -0.15) is 0 Å². The summed E-state index contributed by atoms with van der Waals surface area (Å²) in [6, 6.07) is 1.76. The van der Waals surface area contributed by atoms with Crippen LogP contribution in [0.4, 0.5) is 4.79 Å². The van der Waals surface area contributed by atoms with Crippen molar-refractivity contribution in [3.8, 4) is 0 Å². The van der Waals surface area contributed by atoms with Gasteiger partial charge in [-0.3, -0.25) is 4.79 Å². The number of amides is 3. The van der Waals surface area contributed by atoms with E-state index in [0.29, 0.717) is 23.8 Å².